The SMILES string of the molecule is CC(C)(C)NC(Cc1ccccc1)C(=O)ONC(=O)C(Cc1ccccc1)NC1=CC1(C)C(C)(C)N. The van der Waals surface area contributed by atoms with Crippen molar-refractivity contribution in [1.29, 1.82) is 0 Å². The summed E-state index contributed by atoms with van der Waals surface area (Å²) < 4.78 is 0. The fraction of sp³-hybridized carbons (Fsp3) is 0.448. The van der Waals surface area contributed by atoms with Gasteiger partial charge in [0.2, 0.25) is 0 Å². The number of hydroxylamine groups is 1. The van der Waals surface area contributed by atoms with E-state index in [1.807, 2.05) is 108 Å². The van der Waals surface area contributed by atoms with Gasteiger partial charge in [-0.3, -0.25) is 10.1 Å². The second-order valence-electron chi connectivity index (χ2n) is 11.4. The number of hydrogen-bond donors (Lipinski definition) is 4. The number of hydrogen-bond acceptors (Lipinski definition) is 6. The molecule has 3 atom stereocenters. The number of carbonyl (C=O) groups excluding carboxylic acids is 2. The Bertz CT molecular complexity index is 1070. The van der Waals surface area contributed by atoms with E-state index in [-0.39, 0.29) is 11.0 Å². The molecule has 7 heteroatoms. The smallest absolute Gasteiger partial charge is 0.349 e. The Hall–Kier alpha value is -3.16. The minimum absolute atomic E-state index is 0.322. The van der Waals surface area contributed by atoms with Gasteiger partial charge in [-0.05, 0) is 59.1 Å². The van der Waals surface area contributed by atoms with Crippen LogP contribution in [0, 0.1) is 5.41 Å². The summed E-state index contributed by atoms with van der Waals surface area (Å²) in [6.45, 7) is 11.9. The normalized spacial score (nSPS) is 19.0. The van der Waals surface area contributed by atoms with Gasteiger partial charge in [0.25, 0.3) is 5.91 Å². The molecule has 0 saturated heterocycles. The first kappa shape index (κ1) is 27.4. The van der Waals surface area contributed by atoms with Gasteiger partial charge in [0, 0.05) is 28.6 Å². The Balaban J connectivity index is 1.68. The molecule has 0 aliphatic heterocycles. The van der Waals surface area contributed by atoms with Gasteiger partial charge in [0.05, 0.1) is 0 Å². The van der Waals surface area contributed by atoms with E-state index < -0.39 is 29.5 Å². The van der Waals surface area contributed by atoms with E-state index in [0.29, 0.717) is 12.8 Å². The van der Waals surface area contributed by atoms with Crippen LogP contribution in [-0.2, 0) is 27.3 Å². The van der Waals surface area contributed by atoms with E-state index in [9.17, 15) is 9.59 Å². The zero-order valence-electron chi connectivity index (χ0n) is 22.2. The van der Waals surface area contributed by atoms with Crippen LogP contribution in [0.4, 0.5) is 0 Å². The number of carbonyl (C=O) groups is 2. The van der Waals surface area contributed by atoms with E-state index in [4.69, 9.17) is 10.6 Å². The lowest BCUT2D eigenvalue weighted by Gasteiger charge is -2.31. The number of benzene rings is 2. The maximum Gasteiger partial charge on any atom is 0.349 e. The van der Waals surface area contributed by atoms with Gasteiger partial charge < -0.3 is 15.9 Å². The molecule has 36 heavy (non-hydrogen) atoms. The third-order valence-electron chi connectivity index (χ3n) is 6.60. The molecular formula is C29H40N4O3. The maximum atomic E-state index is 13.2. The molecule has 3 rings (SSSR count). The topological polar surface area (TPSA) is 105 Å². The average Bonchev–Trinajstić information content (AvgIpc) is 3.48. The Labute approximate surface area is 214 Å². The monoisotopic (exact) mass is 492 g/mol. The molecule has 5 N–H and O–H groups in total. The van der Waals surface area contributed by atoms with Gasteiger partial charge in [-0.25, -0.2) is 4.79 Å². The molecule has 0 aromatic heterocycles. The fourth-order valence-electron chi connectivity index (χ4n) is 4.03. The zero-order chi connectivity index (χ0) is 26.6. The molecule has 3 unspecified atom stereocenters. The molecule has 0 saturated carbocycles. The molecule has 1 aliphatic carbocycles. The second kappa shape index (κ2) is 10.8. The zero-order valence-corrected chi connectivity index (χ0v) is 22.2. The predicted octanol–water partition coefficient (Wildman–Crippen LogP) is 3.40. The average molecular weight is 493 g/mol. The van der Waals surface area contributed by atoms with Crippen molar-refractivity contribution >= 4 is 11.9 Å². The molecule has 0 spiro atoms. The molecule has 7 nitrogen and oxygen atoms in total. The van der Waals surface area contributed by atoms with Gasteiger partial charge in [-0.15, -0.1) is 0 Å². The molecule has 194 valence electrons. The van der Waals surface area contributed by atoms with Crippen LogP contribution in [0.3, 0.4) is 0 Å². The van der Waals surface area contributed by atoms with Crippen LogP contribution in [0.5, 0.6) is 0 Å². The van der Waals surface area contributed by atoms with Crippen molar-refractivity contribution in [3.05, 3.63) is 83.6 Å². The first-order valence-electron chi connectivity index (χ1n) is 12.4. The van der Waals surface area contributed by atoms with E-state index in [0.717, 1.165) is 16.8 Å². The van der Waals surface area contributed by atoms with Crippen LogP contribution in [0.1, 0.15) is 52.7 Å². The van der Waals surface area contributed by atoms with E-state index in [2.05, 4.69) is 16.1 Å². The summed E-state index contributed by atoms with van der Waals surface area (Å²) in [7, 11) is 0. The summed E-state index contributed by atoms with van der Waals surface area (Å²) in [4.78, 5) is 31.6. The summed E-state index contributed by atoms with van der Waals surface area (Å²) in [6.07, 6.45) is 2.90. The minimum Gasteiger partial charge on any atom is -0.376 e. The van der Waals surface area contributed by atoms with Gasteiger partial charge in [-0.2, -0.15) is 5.48 Å². The van der Waals surface area contributed by atoms with Crippen molar-refractivity contribution < 1.29 is 14.4 Å². The highest BCUT2D eigenvalue weighted by Gasteiger charge is 2.50. The number of nitrogens with one attached hydrogen (secondary N) is 3. The highest BCUT2D eigenvalue weighted by molar-refractivity contribution is 5.84. The van der Waals surface area contributed by atoms with Crippen molar-refractivity contribution in [3.63, 3.8) is 0 Å². The maximum absolute atomic E-state index is 13.2. The summed E-state index contributed by atoms with van der Waals surface area (Å²) in [5, 5.41) is 6.63. The molecule has 2 aromatic carbocycles. The number of nitrogens with two attached hydrogens (primary N) is 1. The van der Waals surface area contributed by atoms with Crippen LogP contribution in [-0.4, -0.2) is 35.0 Å². The first-order chi connectivity index (χ1) is 16.8. The minimum atomic E-state index is -0.640. The molecule has 2 aromatic rings. The summed E-state index contributed by atoms with van der Waals surface area (Å²) in [6, 6.07) is 18.2. The predicted molar refractivity (Wildman–Crippen MR) is 143 cm³/mol. The third kappa shape index (κ3) is 7.42. The Kier molecular flexibility index (Phi) is 8.26. The molecule has 1 aliphatic rings. The van der Waals surface area contributed by atoms with Gasteiger partial charge in [-0.1, -0.05) is 66.7 Å². The molecule has 0 heterocycles. The van der Waals surface area contributed by atoms with Crippen LogP contribution in [0.2, 0.25) is 0 Å². The van der Waals surface area contributed by atoms with E-state index in [1.165, 1.54) is 0 Å². The standard InChI is InChI=1S/C29H40N4O3/c1-27(2,3)32-23(18-21-15-11-8-12-16-21)26(35)36-33-25(34)22(17-20-13-9-7-10-14-20)31-24-19-29(24,6)28(4,5)30/h7-16,19,22-23,31-32H,17-18,30H2,1-6H3,(H,33,34). The second-order valence-corrected chi connectivity index (χ2v) is 11.4. The highest BCUT2D eigenvalue weighted by Crippen LogP contribution is 2.49. The highest BCUT2D eigenvalue weighted by atomic mass is 16.7. The van der Waals surface area contributed by atoms with Crippen LogP contribution >= 0.6 is 0 Å². The Morgan fingerprint density at radius 1 is 0.889 bits per heavy atom. The molecule has 0 radical (unpaired) electrons. The summed E-state index contributed by atoms with van der Waals surface area (Å²) in [5.74, 6) is -0.967. The van der Waals surface area contributed by atoms with E-state index in [1.54, 1.807) is 0 Å². The molecule has 0 fully saturated rings. The number of rotatable bonds is 10. The van der Waals surface area contributed by atoms with Gasteiger partial charge in [0.15, 0.2) is 0 Å². The third-order valence-corrected chi connectivity index (χ3v) is 6.60. The quantitative estimate of drug-likeness (QED) is 0.379. The Morgan fingerprint density at radius 3 is 1.83 bits per heavy atom. The summed E-state index contributed by atoms with van der Waals surface area (Å²) >= 11 is 0. The van der Waals surface area contributed by atoms with E-state index >= 15 is 0 Å². The van der Waals surface area contributed by atoms with Crippen molar-refractivity contribution in [3.8, 4) is 0 Å². The summed E-state index contributed by atoms with van der Waals surface area (Å²) in [5.41, 5.74) is 10.5. The lowest BCUT2D eigenvalue weighted by molar-refractivity contribution is -0.161. The van der Waals surface area contributed by atoms with Crippen molar-refractivity contribution in [2.24, 2.45) is 11.1 Å². The van der Waals surface area contributed by atoms with Crippen LogP contribution < -0.4 is 21.8 Å². The van der Waals surface area contributed by atoms with Crippen molar-refractivity contribution in [2.45, 2.75) is 77.5 Å². The fourth-order valence-corrected chi connectivity index (χ4v) is 4.03. The first-order valence-corrected chi connectivity index (χ1v) is 12.4. The largest absolute Gasteiger partial charge is 0.376 e. The van der Waals surface area contributed by atoms with Crippen molar-refractivity contribution in [1.82, 2.24) is 16.1 Å². The Morgan fingerprint density at radius 2 is 1.39 bits per heavy atom. The lowest BCUT2D eigenvalue weighted by Crippen LogP contribution is -2.52. The van der Waals surface area contributed by atoms with Crippen molar-refractivity contribution in [2.75, 3.05) is 0 Å². The van der Waals surface area contributed by atoms with Crippen LogP contribution in [0.25, 0.3) is 0 Å². The van der Waals surface area contributed by atoms with Gasteiger partial charge >= 0.3 is 5.97 Å². The van der Waals surface area contributed by atoms with Crippen LogP contribution in [0.15, 0.2) is 72.4 Å². The molecular weight excluding hydrogens is 452 g/mol. The van der Waals surface area contributed by atoms with Gasteiger partial charge in [0.1, 0.15) is 12.1 Å². The lowest BCUT2D eigenvalue weighted by atomic mass is 9.83. The molecule has 0 bridgehead atoms. The number of amides is 1. The molecule has 1 amide bonds.